The van der Waals surface area contributed by atoms with Gasteiger partial charge in [-0.05, 0) is 37.4 Å². The highest BCUT2D eigenvalue weighted by molar-refractivity contribution is 5.93. The molecule has 0 aliphatic heterocycles. The van der Waals surface area contributed by atoms with E-state index >= 15 is 0 Å². The molecule has 2 rings (SSSR count). The molecule has 0 aromatic carbocycles. The summed E-state index contributed by atoms with van der Waals surface area (Å²) in [5.74, 6) is 0.317. The zero-order valence-corrected chi connectivity index (χ0v) is 10.8. The van der Waals surface area contributed by atoms with Gasteiger partial charge in [-0.25, -0.2) is 4.98 Å². The van der Waals surface area contributed by atoms with Crippen LogP contribution in [-0.4, -0.2) is 22.5 Å². The van der Waals surface area contributed by atoms with Crippen LogP contribution in [0.1, 0.15) is 19.3 Å². The van der Waals surface area contributed by atoms with Crippen LogP contribution >= 0.6 is 12.4 Å². The molecule has 0 unspecified atom stereocenters. The first kappa shape index (κ1) is 14.7. The highest BCUT2D eigenvalue weighted by Gasteiger charge is 2.32. The molecule has 0 saturated heterocycles. The zero-order valence-electron chi connectivity index (χ0n) is 10.0. The van der Waals surface area contributed by atoms with Crippen molar-refractivity contribution >= 4 is 24.1 Å². The first-order valence-corrected chi connectivity index (χ1v) is 5.87. The minimum Gasteiger partial charge on any atom is -0.504 e. The van der Waals surface area contributed by atoms with Crippen LogP contribution in [0, 0.1) is 11.8 Å². The van der Waals surface area contributed by atoms with Gasteiger partial charge in [-0.15, -0.1) is 12.4 Å². The summed E-state index contributed by atoms with van der Waals surface area (Å²) >= 11 is 0. The van der Waals surface area contributed by atoms with Crippen LogP contribution in [0.2, 0.25) is 0 Å². The Morgan fingerprint density at radius 1 is 1.56 bits per heavy atom. The Morgan fingerprint density at radius 2 is 2.33 bits per heavy atom. The highest BCUT2D eigenvalue weighted by atomic mass is 35.5. The Labute approximate surface area is 112 Å². The quantitative estimate of drug-likeness (QED) is 0.778. The SMILES string of the molecule is Cl.NC[C@H]1CCC[C@H]1C(=O)Nc1ncccc1O. The predicted molar refractivity (Wildman–Crippen MR) is 71.7 cm³/mol. The van der Waals surface area contributed by atoms with E-state index in [9.17, 15) is 9.90 Å². The lowest BCUT2D eigenvalue weighted by Crippen LogP contribution is -2.30. The maximum absolute atomic E-state index is 12.0. The van der Waals surface area contributed by atoms with E-state index in [4.69, 9.17) is 5.73 Å². The smallest absolute Gasteiger partial charge is 0.229 e. The lowest BCUT2D eigenvalue weighted by atomic mass is 9.95. The molecule has 6 heteroatoms. The summed E-state index contributed by atoms with van der Waals surface area (Å²) in [5, 5.41) is 12.2. The van der Waals surface area contributed by atoms with Crippen LogP contribution in [0.4, 0.5) is 5.82 Å². The van der Waals surface area contributed by atoms with Crippen molar-refractivity contribution in [2.75, 3.05) is 11.9 Å². The average molecular weight is 272 g/mol. The van der Waals surface area contributed by atoms with Crippen LogP contribution in [0.15, 0.2) is 18.3 Å². The van der Waals surface area contributed by atoms with Crippen molar-refractivity contribution in [1.82, 2.24) is 4.98 Å². The lowest BCUT2D eigenvalue weighted by Gasteiger charge is -2.17. The first-order chi connectivity index (χ1) is 8.22. The Kier molecular flexibility index (Phi) is 5.37. The summed E-state index contributed by atoms with van der Waals surface area (Å²) in [6.45, 7) is 0.534. The van der Waals surface area contributed by atoms with E-state index < -0.39 is 0 Å². The standard InChI is InChI=1S/C12H17N3O2.ClH/c13-7-8-3-1-4-9(8)12(17)15-11-10(16)5-2-6-14-11;/h2,5-6,8-9,16H,1,3-4,7,13H2,(H,14,15,17);1H/t8-,9-;/m1./s1. The molecule has 5 nitrogen and oxygen atoms in total. The Morgan fingerprint density at radius 3 is 3.00 bits per heavy atom. The van der Waals surface area contributed by atoms with Crippen molar-refractivity contribution in [3.05, 3.63) is 18.3 Å². The number of nitrogens with two attached hydrogens (primary N) is 1. The van der Waals surface area contributed by atoms with Gasteiger partial charge in [-0.2, -0.15) is 0 Å². The Bertz CT molecular complexity index is 414. The fourth-order valence-electron chi connectivity index (χ4n) is 2.37. The zero-order chi connectivity index (χ0) is 12.3. The molecule has 1 saturated carbocycles. The third-order valence-electron chi connectivity index (χ3n) is 3.33. The van der Waals surface area contributed by atoms with E-state index in [1.165, 1.54) is 12.3 Å². The fourth-order valence-corrected chi connectivity index (χ4v) is 2.37. The number of amides is 1. The number of nitrogens with zero attached hydrogens (tertiary/aromatic N) is 1. The summed E-state index contributed by atoms with van der Waals surface area (Å²) in [4.78, 5) is 15.9. The van der Waals surface area contributed by atoms with Gasteiger partial charge in [0.25, 0.3) is 0 Å². The molecule has 18 heavy (non-hydrogen) atoms. The molecule has 100 valence electrons. The molecule has 0 radical (unpaired) electrons. The van der Waals surface area contributed by atoms with Crippen LogP contribution in [-0.2, 0) is 4.79 Å². The van der Waals surface area contributed by atoms with Gasteiger partial charge in [0.2, 0.25) is 5.91 Å². The van der Waals surface area contributed by atoms with Crippen molar-refractivity contribution in [2.45, 2.75) is 19.3 Å². The van der Waals surface area contributed by atoms with Crippen LogP contribution in [0.25, 0.3) is 0 Å². The summed E-state index contributed by atoms with van der Waals surface area (Å²) in [6.07, 6.45) is 4.43. The molecule has 0 spiro atoms. The van der Waals surface area contributed by atoms with Crippen molar-refractivity contribution in [1.29, 1.82) is 0 Å². The molecule has 1 amide bonds. The molecule has 1 heterocycles. The van der Waals surface area contributed by atoms with E-state index in [1.807, 2.05) is 0 Å². The summed E-state index contributed by atoms with van der Waals surface area (Å²) in [6, 6.07) is 3.11. The number of anilines is 1. The molecule has 0 bridgehead atoms. The predicted octanol–water partition coefficient (Wildman–Crippen LogP) is 1.52. The number of rotatable bonds is 3. The number of pyridine rings is 1. The van der Waals surface area contributed by atoms with Gasteiger partial charge >= 0.3 is 0 Å². The second kappa shape index (κ2) is 6.56. The molecule has 1 aliphatic rings. The number of carbonyl (C=O) groups excluding carboxylic acids is 1. The molecule has 4 N–H and O–H groups in total. The number of carbonyl (C=O) groups is 1. The maximum atomic E-state index is 12.0. The van der Waals surface area contributed by atoms with Crippen molar-refractivity contribution in [2.24, 2.45) is 17.6 Å². The van der Waals surface area contributed by atoms with Gasteiger partial charge in [0.05, 0.1) is 0 Å². The van der Waals surface area contributed by atoms with Crippen LogP contribution in [0.3, 0.4) is 0 Å². The molecule has 1 aliphatic carbocycles. The van der Waals surface area contributed by atoms with Gasteiger partial charge < -0.3 is 16.2 Å². The van der Waals surface area contributed by atoms with Gasteiger partial charge in [-0.3, -0.25) is 4.79 Å². The number of hydrogen-bond acceptors (Lipinski definition) is 4. The van der Waals surface area contributed by atoms with E-state index in [-0.39, 0.29) is 41.7 Å². The summed E-state index contributed by atoms with van der Waals surface area (Å²) in [5.41, 5.74) is 5.64. The molecule has 1 fully saturated rings. The van der Waals surface area contributed by atoms with Crippen molar-refractivity contribution in [3.63, 3.8) is 0 Å². The van der Waals surface area contributed by atoms with Gasteiger partial charge in [0, 0.05) is 12.1 Å². The van der Waals surface area contributed by atoms with E-state index in [0.717, 1.165) is 19.3 Å². The van der Waals surface area contributed by atoms with Crippen molar-refractivity contribution < 1.29 is 9.90 Å². The first-order valence-electron chi connectivity index (χ1n) is 5.87. The van der Waals surface area contributed by atoms with Crippen molar-refractivity contribution in [3.8, 4) is 5.75 Å². The average Bonchev–Trinajstić information content (AvgIpc) is 2.80. The largest absolute Gasteiger partial charge is 0.504 e. The van der Waals surface area contributed by atoms with E-state index in [0.29, 0.717) is 6.54 Å². The second-order valence-corrected chi connectivity index (χ2v) is 4.39. The van der Waals surface area contributed by atoms with E-state index in [1.54, 1.807) is 6.07 Å². The highest BCUT2D eigenvalue weighted by Crippen LogP contribution is 2.32. The minimum absolute atomic E-state index is 0. The Balaban J connectivity index is 0.00000162. The minimum atomic E-state index is -0.0908. The van der Waals surface area contributed by atoms with Gasteiger partial charge in [0.1, 0.15) is 0 Å². The maximum Gasteiger partial charge on any atom is 0.229 e. The lowest BCUT2D eigenvalue weighted by molar-refractivity contribution is -0.120. The Hall–Kier alpha value is -1.33. The number of aromatic hydroxyl groups is 1. The number of aromatic nitrogens is 1. The monoisotopic (exact) mass is 271 g/mol. The summed E-state index contributed by atoms with van der Waals surface area (Å²) in [7, 11) is 0. The fraction of sp³-hybridized carbons (Fsp3) is 0.500. The molecular weight excluding hydrogens is 254 g/mol. The molecule has 1 aromatic rings. The number of halogens is 1. The third-order valence-corrected chi connectivity index (χ3v) is 3.33. The topological polar surface area (TPSA) is 88.2 Å². The molecular formula is C12H18ClN3O2. The number of nitrogens with one attached hydrogen (secondary N) is 1. The van der Waals surface area contributed by atoms with Crippen LogP contribution in [0.5, 0.6) is 5.75 Å². The number of hydrogen-bond donors (Lipinski definition) is 3. The third kappa shape index (κ3) is 3.11. The normalized spacial score (nSPS) is 22.3. The van der Waals surface area contributed by atoms with Gasteiger partial charge in [-0.1, -0.05) is 6.42 Å². The van der Waals surface area contributed by atoms with E-state index in [2.05, 4.69) is 10.3 Å². The van der Waals surface area contributed by atoms with Crippen LogP contribution < -0.4 is 11.1 Å². The summed E-state index contributed by atoms with van der Waals surface area (Å²) < 4.78 is 0. The molecule has 1 aromatic heterocycles. The molecule has 2 atom stereocenters. The van der Waals surface area contributed by atoms with Gasteiger partial charge in [0.15, 0.2) is 11.6 Å². The second-order valence-electron chi connectivity index (χ2n) is 4.39.